The molecule has 182 valence electrons. The molecule has 1 saturated heterocycles. The van der Waals surface area contributed by atoms with Crippen LogP contribution in [0.25, 0.3) is 22.2 Å². The van der Waals surface area contributed by atoms with Crippen LogP contribution in [-0.2, 0) is 0 Å². The lowest BCUT2D eigenvalue weighted by molar-refractivity contribution is 0.0691. The monoisotopic (exact) mass is 471 g/mol. The average Bonchev–Trinajstić information content (AvgIpc) is 3.29. The van der Waals surface area contributed by atoms with E-state index < -0.39 is 5.97 Å². The minimum absolute atomic E-state index is 0.0578. The second kappa shape index (κ2) is 9.69. The van der Waals surface area contributed by atoms with E-state index in [0.717, 1.165) is 66.7 Å². The number of carboxylic acids is 1. The van der Waals surface area contributed by atoms with Crippen LogP contribution in [0.2, 0.25) is 0 Å². The zero-order valence-electron chi connectivity index (χ0n) is 20.6. The number of carbonyl (C=O) groups is 1. The van der Waals surface area contributed by atoms with Crippen LogP contribution in [0, 0.1) is 17.2 Å². The number of hydrogen-bond acceptors (Lipinski definition) is 5. The number of benzene rings is 1. The highest BCUT2D eigenvalue weighted by Gasteiger charge is 2.26. The van der Waals surface area contributed by atoms with E-state index in [9.17, 15) is 15.2 Å². The number of carboxylic acid groups (broad SMARTS) is 1. The largest absolute Gasteiger partial charge is 0.477 e. The Hall–Kier alpha value is -3.40. The Morgan fingerprint density at radius 1 is 1.09 bits per heavy atom. The standard InChI is InChI=1S/C28H33N5O2/c1-18(2)26-25-23(20-8-10-21(11-9-20)32-14-12-19(17-29)13-15-32)16-24(28(34)35)30-27(25)33(31-26)22-6-4-3-5-7-22/h8-11,16,18-19,22H,3-7,12-15H2,1-2H3,(H,34,35). The molecule has 1 aliphatic carbocycles. The third-order valence-electron chi connectivity index (χ3n) is 7.60. The second-order valence-corrected chi connectivity index (χ2v) is 10.3. The average molecular weight is 472 g/mol. The zero-order valence-corrected chi connectivity index (χ0v) is 20.6. The maximum atomic E-state index is 12.0. The van der Waals surface area contributed by atoms with Gasteiger partial charge < -0.3 is 10.0 Å². The van der Waals surface area contributed by atoms with Gasteiger partial charge in [-0.2, -0.15) is 10.4 Å². The molecule has 3 aromatic rings. The maximum absolute atomic E-state index is 12.0. The molecule has 2 aromatic heterocycles. The van der Waals surface area contributed by atoms with Gasteiger partial charge in [-0.3, -0.25) is 0 Å². The number of nitriles is 1. The fourth-order valence-electron chi connectivity index (χ4n) is 5.60. The number of aromatic nitrogens is 3. The fourth-order valence-corrected chi connectivity index (χ4v) is 5.60. The molecule has 0 radical (unpaired) electrons. The van der Waals surface area contributed by atoms with Gasteiger partial charge in [-0.1, -0.05) is 45.2 Å². The van der Waals surface area contributed by atoms with E-state index in [1.807, 2.05) is 4.68 Å². The number of aromatic carboxylic acids is 1. The summed E-state index contributed by atoms with van der Waals surface area (Å²) in [5.74, 6) is -0.674. The number of rotatable bonds is 5. The molecule has 35 heavy (non-hydrogen) atoms. The van der Waals surface area contributed by atoms with Crippen LogP contribution in [-0.4, -0.2) is 38.9 Å². The van der Waals surface area contributed by atoms with Crippen LogP contribution in [0.3, 0.4) is 0 Å². The number of nitrogens with zero attached hydrogens (tertiary/aromatic N) is 5. The van der Waals surface area contributed by atoms with Crippen LogP contribution in [0.15, 0.2) is 30.3 Å². The quantitative estimate of drug-likeness (QED) is 0.478. The van der Waals surface area contributed by atoms with Gasteiger partial charge in [-0.05, 0) is 60.9 Å². The van der Waals surface area contributed by atoms with Gasteiger partial charge in [-0.25, -0.2) is 14.5 Å². The molecule has 0 bridgehead atoms. The van der Waals surface area contributed by atoms with Gasteiger partial charge in [-0.15, -0.1) is 0 Å². The Morgan fingerprint density at radius 3 is 2.37 bits per heavy atom. The van der Waals surface area contributed by atoms with E-state index >= 15 is 0 Å². The Labute approximate surface area is 206 Å². The van der Waals surface area contributed by atoms with Crippen molar-refractivity contribution in [2.45, 2.75) is 70.8 Å². The fraction of sp³-hybridized carbons (Fsp3) is 0.500. The summed E-state index contributed by atoms with van der Waals surface area (Å²) < 4.78 is 2.02. The summed E-state index contributed by atoms with van der Waals surface area (Å²) in [5, 5.41) is 25.1. The molecule has 1 N–H and O–H groups in total. The summed E-state index contributed by atoms with van der Waals surface area (Å²) in [6, 6.07) is 12.7. The van der Waals surface area contributed by atoms with Crippen molar-refractivity contribution in [2.75, 3.05) is 18.0 Å². The lowest BCUT2D eigenvalue weighted by Gasteiger charge is -2.31. The van der Waals surface area contributed by atoms with E-state index in [1.54, 1.807) is 6.07 Å². The first-order valence-electron chi connectivity index (χ1n) is 12.9. The van der Waals surface area contributed by atoms with E-state index in [1.165, 1.54) is 19.3 Å². The molecule has 7 heteroatoms. The summed E-state index contributed by atoms with van der Waals surface area (Å²) in [7, 11) is 0. The van der Waals surface area contributed by atoms with Gasteiger partial charge in [0.1, 0.15) is 0 Å². The smallest absolute Gasteiger partial charge is 0.354 e. The molecule has 1 aromatic carbocycles. The van der Waals surface area contributed by atoms with E-state index in [2.05, 4.69) is 54.1 Å². The Kier molecular flexibility index (Phi) is 6.46. The summed E-state index contributed by atoms with van der Waals surface area (Å²) >= 11 is 0. The van der Waals surface area contributed by atoms with Crippen molar-refractivity contribution in [1.29, 1.82) is 5.26 Å². The van der Waals surface area contributed by atoms with Crippen LogP contribution in [0.4, 0.5) is 5.69 Å². The third kappa shape index (κ3) is 4.50. The van der Waals surface area contributed by atoms with Crippen molar-refractivity contribution in [3.05, 3.63) is 41.7 Å². The van der Waals surface area contributed by atoms with E-state index in [-0.39, 0.29) is 23.6 Å². The molecule has 0 amide bonds. The molecule has 2 aliphatic rings. The van der Waals surface area contributed by atoms with Crippen LogP contribution in [0.5, 0.6) is 0 Å². The predicted molar refractivity (Wildman–Crippen MR) is 137 cm³/mol. The third-order valence-corrected chi connectivity index (χ3v) is 7.60. The molecule has 3 heterocycles. The number of anilines is 1. The first-order chi connectivity index (χ1) is 17.0. The first-order valence-corrected chi connectivity index (χ1v) is 12.9. The number of piperidine rings is 1. The molecule has 1 aliphatic heterocycles. The van der Waals surface area contributed by atoms with E-state index in [0.29, 0.717) is 5.65 Å². The minimum Gasteiger partial charge on any atom is -0.477 e. The van der Waals surface area contributed by atoms with Crippen molar-refractivity contribution in [3.63, 3.8) is 0 Å². The Morgan fingerprint density at radius 2 is 1.77 bits per heavy atom. The van der Waals surface area contributed by atoms with Crippen molar-refractivity contribution < 1.29 is 9.90 Å². The molecule has 1 saturated carbocycles. The molecule has 0 atom stereocenters. The molecule has 5 rings (SSSR count). The predicted octanol–water partition coefficient (Wildman–Crippen LogP) is 6.17. The lowest BCUT2D eigenvalue weighted by atomic mass is 9.95. The summed E-state index contributed by atoms with van der Waals surface area (Å²) in [4.78, 5) is 19.0. The summed E-state index contributed by atoms with van der Waals surface area (Å²) in [5.41, 5.74) is 4.72. The SMILES string of the molecule is CC(C)c1nn(C2CCCCC2)c2nc(C(=O)O)cc(-c3ccc(N4CCC(C#N)CC4)cc3)c12. The Bertz CT molecular complexity index is 1260. The number of pyridine rings is 1. The van der Waals surface area contributed by atoms with Gasteiger partial charge in [0.25, 0.3) is 0 Å². The second-order valence-electron chi connectivity index (χ2n) is 10.3. The van der Waals surface area contributed by atoms with Gasteiger partial charge in [0.15, 0.2) is 11.3 Å². The maximum Gasteiger partial charge on any atom is 0.354 e. The molecule has 0 unspecified atom stereocenters. The van der Waals surface area contributed by atoms with E-state index in [4.69, 9.17) is 5.10 Å². The highest BCUT2D eigenvalue weighted by Crippen LogP contribution is 2.38. The summed E-state index contributed by atoms with van der Waals surface area (Å²) in [6.45, 7) is 6.03. The first kappa shape index (κ1) is 23.3. The van der Waals surface area contributed by atoms with Crippen LogP contribution >= 0.6 is 0 Å². The van der Waals surface area contributed by atoms with Gasteiger partial charge in [0, 0.05) is 24.7 Å². The normalized spacial score (nSPS) is 17.7. The number of hydrogen-bond donors (Lipinski definition) is 1. The highest BCUT2D eigenvalue weighted by molar-refractivity contribution is 6.00. The van der Waals surface area contributed by atoms with Crippen molar-refractivity contribution in [2.24, 2.45) is 5.92 Å². The molecule has 7 nitrogen and oxygen atoms in total. The highest BCUT2D eigenvalue weighted by atomic mass is 16.4. The molecular formula is C28H33N5O2. The topological polar surface area (TPSA) is 95.0 Å². The number of fused-ring (bicyclic) bond motifs is 1. The van der Waals surface area contributed by atoms with Crippen molar-refractivity contribution in [1.82, 2.24) is 14.8 Å². The van der Waals surface area contributed by atoms with Crippen molar-refractivity contribution >= 4 is 22.7 Å². The van der Waals surface area contributed by atoms with Gasteiger partial charge in [0.05, 0.1) is 23.2 Å². The van der Waals surface area contributed by atoms with Gasteiger partial charge in [0.2, 0.25) is 0 Å². The molecular weight excluding hydrogens is 438 g/mol. The van der Waals surface area contributed by atoms with Crippen molar-refractivity contribution in [3.8, 4) is 17.2 Å². The molecule has 2 fully saturated rings. The summed E-state index contributed by atoms with van der Waals surface area (Å²) in [6.07, 6.45) is 7.47. The Balaban J connectivity index is 1.59. The minimum atomic E-state index is -1.02. The lowest BCUT2D eigenvalue weighted by Crippen LogP contribution is -2.33. The van der Waals surface area contributed by atoms with Crippen LogP contribution in [0.1, 0.15) is 86.9 Å². The van der Waals surface area contributed by atoms with Gasteiger partial charge >= 0.3 is 5.97 Å². The molecule has 0 spiro atoms. The zero-order chi connectivity index (χ0) is 24.5. The van der Waals surface area contributed by atoms with Crippen LogP contribution < -0.4 is 4.90 Å².